The number of hydrogen-bond donors (Lipinski definition) is 1. The molecule has 2 N–H and O–H groups in total. The van der Waals surface area contributed by atoms with Crippen molar-refractivity contribution in [1.82, 2.24) is 0 Å². The monoisotopic (exact) mass is 414 g/mol. The van der Waals surface area contributed by atoms with Gasteiger partial charge in [-0.05, 0) is 43.4 Å². The number of isocyanates is 1. The van der Waals surface area contributed by atoms with Crippen LogP contribution in [0.1, 0.15) is 114 Å². The number of unbranched alkanes of at least 4 members (excludes halogenated alkanes) is 14. The largest absolute Gasteiger partial charge is 0.370 e. The first kappa shape index (κ1) is 26.1. The van der Waals surface area contributed by atoms with Gasteiger partial charge in [0, 0.05) is 6.42 Å². The number of aliphatic imine (C=N–C) groups is 1. The molecule has 1 aromatic rings. The fourth-order valence-electron chi connectivity index (χ4n) is 3.91. The molecule has 30 heavy (non-hydrogen) atoms. The van der Waals surface area contributed by atoms with Crippen molar-refractivity contribution in [3.05, 3.63) is 29.3 Å². The summed E-state index contributed by atoms with van der Waals surface area (Å²) in [6, 6.07) is 6.20. The molecule has 0 fully saturated rings. The standard InChI is InChI=1S/C26H42N2O2/c1-23-19-20-24(21-25(23)28-22-29)17-15-13-11-9-7-5-3-2-4-6-8-10-12-14-16-18-26(27)30/h19-21H,2-18H2,1H3,(H2,27,30). The molecule has 0 heterocycles. The van der Waals surface area contributed by atoms with Crippen molar-refractivity contribution in [2.75, 3.05) is 0 Å². The van der Waals surface area contributed by atoms with Crippen LogP contribution in [0.4, 0.5) is 5.69 Å². The van der Waals surface area contributed by atoms with Gasteiger partial charge in [-0.1, -0.05) is 95.6 Å². The highest BCUT2D eigenvalue weighted by molar-refractivity contribution is 5.73. The highest BCUT2D eigenvalue weighted by Crippen LogP contribution is 2.21. The Morgan fingerprint density at radius 1 is 0.800 bits per heavy atom. The number of nitrogens with two attached hydrogens (primary N) is 1. The fourth-order valence-corrected chi connectivity index (χ4v) is 3.91. The predicted molar refractivity (Wildman–Crippen MR) is 126 cm³/mol. The molecule has 0 radical (unpaired) electrons. The van der Waals surface area contributed by atoms with Crippen LogP contribution < -0.4 is 5.73 Å². The van der Waals surface area contributed by atoms with Crippen LogP contribution in [0.5, 0.6) is 0 Å². The smallest absolute Gasteiger partial charge is 0.240 e. The molecule has 0 atom stereocenters. The van der Waals surface area contributed by atoms with Crippen molar-refractivity contribution < 1.29 is 9.59 Å². The van der Waals surface area contributed by atoms with E-state index in [0.29, 0.717) is 6.42 Å². The lowest BCUT2D eigenvalue weighted by Gasteiger charge is -2.05. The summed E-state index contributed by atoms with van der Waals surface area (Å²) in [6.07, 6.45) is 22.6. The molecule has 0 aliphatic carbocycles. The molecule has 4 nitrogen and oxygen atoms in total. The molecule has 168 valence electrons. The molecule has 1 amide bonds. The van der Waals surface area contributed by atoms with Crippen LogP contribution in [0.25, 0.3) is 0 Å². The summed E-state index contributed by atoms with van der Waals surface area (Å²) in [5, 5.41) is 0. The van der Waals surface area contributed by atoms with Gasteiger partial charge in [-0.25, -0.2) is 4.79 Å². The Labute approximate surface area is 183 Å². The molecule has 0 bridgehead atoms. The topological polar surface area (TPSA) is 72.5 Å². The van der Waals surface area contributed by atoms with Gasteiger partial charge in [0.05, 0.1) is 5.69 Å². The van der Waals surface area contributed by atoms with Crippen molar-refractivity contribution in [2.45, 2.75) is 116 Å². The molecular formula is C26H42N2O2. The van der Waals surface area contributed by atoms with E-state index < -0.39 is 0 Å². The summed E-state index contributed by atoms with van der Waals surface area (Å²) in [4.78, 5) is 24.9. The molecule has 0 unspecified atom stereocenters. The Kier molecular flexibility index (Phi) is 15.6. The zero-order chi connectivity index (χ0) is 21.9. The van der Waals surface area contributed by atoms with Crippen molar-refractivity contribution in [1.29, 1.82) is 0 Å². The van der Waals surface area contributed by atoms with Gasteiger partial charge >= 0.3 is 0 Å². The van der Waals surface area contributed by atoms with Crippen LogP contribution in [0, 0.1) is 6.92 Å². The second-order valence-corrected chi connectivity index (χ2v) is 8.59. The third kappa shape index (κ3) is 14.1. The Morgan fingerprint density at radius 2 is 1.27 bits per heavy atom. The van der Waals surface area contributed by atoms with Crippen molar-refractivity contribution in [3.63, 3.8) is 0 Å². The summed E-state index contributed by atoms with van der Waals surface area (Å²) < 4.78 is 0. The molecule has 0 aromatic heterocycles. The molecular weight excluding hydrogens is 372 g/mol. The summed E-state index contributed by atoms with van der Waals surface area (Å²) in [6.45, 7) is 1.97. The van der Waals surface area contributed by atoms with Gasteiger partial charge in [-0.2, -0.15) is 4.99 Å². The average molecular weight is 415 g/mol. The second-order valence-electron chi connectivity index (χ2n) is 8.59. The lowest BCUT2D eigenvalue weighted by atomic mass is 10.0. The zero-order valence-electron chi connectivity index (χ0n) is 19.1. The minimum atomic E-state index is -0.168. The van der Waals surface area contributed by atoms with Crippen LogP contribution >= 0.6 is 0 Å². The van der Waals surface area contributed by atoms with E-state index in [1.54, 1.807) is 6.08 Å². The molecule has 0 spiro atoms. The summed E-state index contributed by atoms with van der Waals surface area (Å²) >= 11 is 0. The summed E-state index contributed by atoms with van der Waals surface area (Å²) in [5.41, 5.74) is 8.18. The number of hydrogen-bond acceptors (Lipinski definition) is 3. The van der Waals surface area contributed by atoms with E-state index in [4.69, 9.17) is 5.73 Å². The normalized spacial score (nSPS) is 10.7. The lowest BCUT2D eigenvalue weighted by molar-refractivity contribution is -0.118. The quantitative estimate of drug-likeness (QED) is 0.147. The third-order valence-electron chi connectivity index (χ3n) is 5.83. The molecule has 0 saturated carbocycles. The van der Waals surface area contributed by atoms with Gasteiger partial charge < -0.3 is 5.73 Å². The average Bonchev–Trinajstić information content (AvgIpc) is 2.72. The lowest BCUT2D eigenvalue weighted by Crippen LogP contribution is -2.09. The van der Waals surface area contributed by atoms with Gasteiger partial charge in [0.25, 0.3) is 0 Å². The van der Waals surface area contributed by atoms with E-state index in [1.807, 2.05) is 19.1 Å². The molecule has 1 rings (SSSR count). The summed E-state index contributed by atoms with van der Waals surface area (Å²) in [7, 11) is 0. The number of amides is 1. The predicted octanol–water partition coefficient (Wildman–Crippen LogP) is 7.23. The van der Waals surface area contributed by atoms with Crippen LogP contribution in [-0.2, 0) is 16.0 Å². The van der Waals surface area contributed by atoms with Crippen molar-refractivity contribution in [3.8, 4) is 0 Å². The van der Waals surface area contributed by atoms with E-state index >= 15 is 0 Å². The first-order valence-electron chi connectivity index (χ1n) is 12.1. The van der Waals surface area contributed by atoms with E-state index in [2.05, 4.69) is 11.1 Å². The van der Waals surface area contributed by atoms with E-state index in [9.17, 15) is 9.59 Å². The Morgan fingerprint density at radius 3 is 1.73 bits per heavy atom. The second kappa shape index (κ2) is 17.9. The van der Waals surface area contributed by atoms with Crippen LogP contribution in [-0.4, -0.2) is 12.0 Å². The number of carbonyl (C=O) groups is 1. The SMILES string of the molecule is Cc1ccc(CCCCCCCCCCCCCCCCCC(N)=O)cc1N=C=O. The first-order chi connectivity index (χ1) is 14.6. The fraction of sp³-hybridized carbons (Fsp3) is 0.692. The third-order valence-corrected chi connectivity index (χ3v) is 5.83. The Bertz CT molecular complexity index is 636. The maximum absolute atomic E-state index is 10.6. The minimum Gasteiger partial charge on any atom is -0.370 e. The molecule has 0 aliphatic heterocycles. The molecule has 1 aromatic carbocycles. The minimum absolute atomic E-state index is 0.168. The van der Waals surface area contributed by atoms with Gasteiger partial charge in [-0.15, -0.1) is 0 Å². The zero-order valence-corrected chi connectivity index (χ0v) is 19.1. The Hall–Kier alpha value is -1.93. The maximum atomic E-state index is 10.6. The van der Waals surface area contributed by atoms with E-state index in [0.717, 1.165) is 30.5 Å². The number of aryl methyl sites for hydroxylation is 2. The van der Waals surface area contributed by atoms with Gasteiger partial charge in [0.15, 0.2) is 0 Å². The van der Waals surface area contributed by atoms with Gasteiger partial charge in [-0.3, -0.25) is 4.79 Å². The van der Waals surface area contributed by atoms with Crippen molar-refractivity contribution in [2.24, 2.45) is 10.7 Å². The number of primary amides is 1. The molecule has 4 heteroatoms. The number of carbonyl (C=O) groups excluding carboxylic acids is 2. The van der Waals surface area contributed by atoms with Crippen LogP contribution in [0.2, 0.25) is 0 Å². The molecule has 0 saturated heterocycles. The highest BCUT2D eigenvalue weighted by atomic mass is 16.1. The van der Waals surface area contributed by atoms with Crippen molar-refractivity contribution >= 4 is 17.7 Å². The summed E-state index contributed by atoms with van der Waals surface area (Å²) in [5.74, 6) is -0.168. The first-order valence-corrected chi connectivity index (χ1v) is 12.1. The highest BCUT2D eigenvalue weighted by Gasteiger charge is 2.00. The van der Waals surface area contributed by atoms with E-state index in [-0.39, 0.29) is 5.91 Å². The van der Waals surface area contributed by atoms with E-state index in [1.165, 1.54) is 89.0 Å². The molecule has 0 aliphatic rings. The maximum Gasteiger partial charge on any atom is 0.240 e. The number of rotatable bonds is 19. The number of benzene rings is 1. The Balaban J connectivity index is 1.85. The van der Waals surface area contributed by atoms with Crippen LogP contribution in [0.15, 0.2) is 23.2 Å². The van der Waals surface area contributed by atoms with Gasteiger partial charge in [0.2, 0.25) is 12.0 Å². The van der Waals surface area contributed by atoms with Crippen LogP contribution in [0.3, 0.4) is 0 Å². The number of nitrogens with zero attached hydrogens (tertiary/aromatic N) is 1. The van der Waals surface area contributed by atoms with Gasteiger partial charge in [0.1, 0.15) is 0 Å².